The van der Waals surface area contributed by atoms with Crippen LogP contribution >= 0.6 is 23.2 Å². The Balaban J connectivity index is 2.01. The molecule has 3 rings (SSSR count). The molecule has 0 aromatic heterocycles. The van der Waals surface area contributed by atoms with Gasteiger partial charge in [0.25, 0.3) is 0 Å². The van der Waals surface area contributed by atoms with Crippen LogP contribution < -0.4 is 10.6 Å². The maximum atomic E-state index is 13.5. The summed E-state index contributed by atoms with van der Waals surface area (Å²) in [7, 11) is 0. The molecule has 0 aliphatic carbocycles. The summed E-state index contributed by atoms with van der Waals surface area (Å²) >= 11 is 12.2. The lowest BCUT2D eigenvalue weighted by Crippen LogP contribution is -2.32. The molecule has 0 saturated heterocycles. The molecule has 1 aliphatic heterocycles. The van der Waals surface area contributed by atoms with Gasteiger partial charge < -0.3 is 10.6 Å². The van der Waals surface area contributed by atoms with Gasteiger partial charge >= 0.3 is 0 Å². The van der Waals surface area contributed by atoms with Gasteiger partial charge in [-0.1, -0.05) is 29.3 Å². The van der Waals surface area contributed by atoms with E-state index in [1.165, 1.54) is 6.07 Å². The molecule has 0 fully saturated rings. The van der Waals surface area contributed by atoms with Crippen molar-refractivity contribution < 1.29 is 4.39 Å². The van der Waals surface area contributed by atoms with Crippen molar-refractivity contribution in [3.63, 3.8) is 0 Å². The zero-order valence-electron chi connectivity index (χ0n) is 11.3. The van der Waals surface area contributed by atoms with Crippen LogP contribution in [0.2, 0.25) is 10.0 Å². The third kappa shape index (κ3) is 2.86. The molecule has 2 nitrogen and oxygen atoms in total. The average molecular weight is 325 g/mol. The average Bonchev–Trinajstić information content (AvgIpc) is 2.82. The van der Waals surface area contributed by atoms with Crippen LogP contribution in [0.25, 0.3) is 0 Å². The van der Waals surface area contributed by atoms with Gasteiger partial charge in [-0.2, -0.15) is 0 Å². The van der Waals surface area contributed by atoms with Gasteiger partial charge in [0.05, 0.1) is 6.04 Å². The third-order valence-electron chi connectivity index (χ3n) is 3.85. The van der Waals surface area contributed by atoms with Gasteiger partial charge in [0, 0.05) is 28.8 Å². The van der Waals surface area contributed by atoms with Crippen molar-refractivity contribution in [3.8, 4) is 0 Å². The van der Waals surface area contributed by atoms with E-state index in [9.17, 15) is 4.39 Å². The van der Waals surface area contributed by atoms with E-state index in [1.54, 1.807) is 12.1 Å². The van der Waals surface area contributed by atoms with Crippen LogP contribution in [0.5, 0.6) is 0 Å². The second-order valence-corrected chi connectivity index (χ2v) is 6.04. The fourth-order valence-corrected chi connectivity index (χ4v) is 3.45. The summed E-state index contributed by atoms with van der Waals surface area (Å²) in [6.45, 7) is 1.22. The smallest absolute Gasteiger partial charge is 0.125 e. The fourth-order valence-electron chi connectivity index (χ4n) is 2.91. The second-order valence-electron chi connectivity index (χ2n) is 5.17. The maximum Gasteiger partial charge on any atom is 0.125 e. The number of halogens is 3. The van der Waals surface area contributed by atoms with E-state index in [2.05, 4.69) is 4.90 Å². The van der Waals surface area contributed by atoms with Crippen molar-refractivity contribution >= 4 is 28.9 Å². The first kappa shape index (κ1) is 14.6. The highest BCUT2D eigenvalue weighted by Crippen LogP contribution is 2.36. The zero-order valence-corrected chi connectivity index (χ0v) is 12.8. The SMILES string of the molecule is NCC(c1cc(Cl)cc(Cl)c1)N1CCc2ccc(F)cc21. The first-order chi connectivity index (χ1) is 10.1. The molecule has 1 heterocycles. The molecule has 1 aliphatic rings. The Hall–Kier alpha value is -1.29. The molecule has 110 valence electrons. The van der Waals surface area contributed by atoms with Gasteiger partial charge in [-0.25, -0.2) is 4.39 Å². The van der Waals surface area contributed by atoms with Crippen LogP contribution in [0.3, 0.4) is 0 Å². The van der Waals surface area contributed by atoms with Crippen LogP contribution in [0.15, 0.2) is 36.4 Å². The van der Waals surface area contributed by atoms with Crippen molar-refractivity contribution in [2.75, 3.05) is 18.0 Å². The Bertz CT molecular complexity index is 655. The Morgan fingerprint density at radius 2 is 1.86 bits per heavy atom. The van der Waals surface area contributed by atoms with Gasteiger partial charge in [0.2, 0.25) is 0 Å². The minimum Gasteiger partial charge on any atom is -0.363 e. The van der Waals surface area contributed by atoms with Crippen LogP contribution in [-0.2, 0) is 6.42 Å². The molecule has 0 bridgehead atoms. The highest BCUT2D eigenvalue weighted by Gasteiger charge is 2.27. The first-order valence-electron chi connectivity index (χ1n) is 6.79. The molecule has 2 aromatic rings. The number of hydrogen-bond donors (Lipinski definition) is 1. The van der Waals surface area contributed by atoms with E-state index in [0.29, 0.717) is 16.6 Å². The first-order valence-corrected chi connectivity index (χ1v) is 7.55. The van der Waals surface area contributed by atoms with E-state index in [-0.39, 0.29) is 11.9 Å². The predicted octanol–water partition coefficient (Wildman–Crippen LogP) is 4.20. The molecule has 2 N–H and O–H groups in total. The molecule has 0 saturated carbocycles. The number of rotatable bonds is 3. The molecule has 0 spiro atoms. The van der Waals surface area contributed by atoms with Gasteiger partial charge in [0.15, 0.2) is 0 Å². The van der Waals surface area contributed by atoms with E-state index < -0.39 is 0 Å². The van der Waals surface area contributed by atoms with Crippen molar-refractivity contribution in [2.24, 2.45) is 5.73 Å². The molecule has 1 unspecified atom stereocenters. The Labute approximate surface area is 133 Å². The molecule has 0 radical (unpaired) electrons. The standard InChI is InChI=1S/C16H15Cl2FN2/c17-12-5-11(6-13(18)7-12)16(9-20)21-4-3-10-1-2-14(19)8-15(10)21/h1-2,5-8,16H,3-4,9,20H2. The van der Waals surface area contributed by atoms with Crippen molar-refractivity contribution in [1.29, 1.82) is 0 Å². The van der Waals surface area contributed by atoms with E-state index in [1.807, 2.05) is 18.2 Å². The number of benzene rings is 2. The summed E-state index contributed by atoms with van der Waals surface area (Å²) in [4.78, 5) is 2.13. The van der Waals surface area contributed by atoms with Crippen LogP contribution in [0.4, 0.5) is 10.1 Å². The number of anilines is 1. The molecule has 2 aromatic carbocycles. The lowest BCUT2D eigenvalue weighted by Gasteiger charge is -2.30. The fraction of sp³-hybridized carbons (Fsp3) is 0.250. The highest BCUT2D eigenvalue weighted by molar-refractivity contribution is 6.34. The Morgan fingerprint density at radius 3 is 2.52 bits per heavy atom. The predicted molar refractivity (Wildman–Crippen MR) is 85.7 cm³/mol. The third-order valence-corrected chi connectivity index (χ3v) is 4.28. The molecule has 21 heavy (non-hydrogen) atoms. The quantitative estimate of drug-likeness (QED) is 0.917. The second kappa shape index (κ2) is 5.84. The van der Waals surface area contributed by atoms with Gasteiger partial charge in [-0.15, -0.1) is 0 Å². The summed E-state index contributed by atoms with van der Waals surface area (Å²) in [6.07, 6.45) is 0.889. The van der Waals surface area contributed by atoms with Gasteiger partial charge in [0.1, 0.15) is 5.82 Å². The highest BCUT2D eigenvalue weighted by atomic mass is 35.5. The topological polar surface area (TPSA) is 29.3 Å². The van der Waals surface area contributed by atoms with E-state index in [0.717, 1.165) is 29.8 Å². The van der Waals surface area contributed by atoms with Crippen LogP contribution in [0, 0.1) is 5.82 Å². The van der Waals surface area contributed by atoms with E-state index >= 15 is 0 Å². The van der Waals surface area contributed by atoms with Crippen LogP contribution in [0.1, 0.15) is 17.2 Å². The zero-order chi connectivity index (χ0) is 15.0. The summed E-state index contributed by atoms with van der Waals surface area (Å²) in [6, 6.07) is 10.3. The lowest BCUT2D eigenvalue weighted by molar-refractivity contribution is 0.621. The Kier molecular flexibility index (Phi) is 4.07. The molecular weight excluding hydrogens is 310 g/mol. The molecule has 0 amide bonds. The van der Waals surface area contributed by atoms with Crippen molar-refractivity contribution in [3.05, 3.63) is 63.4 Å². The normalized spacial score (nSPS) is 15.1. The minimum atomic E-state index is -0.236. The molecule has 5 heteroatoms. The largest absolute Gasteiger partial charge is 0.363 e. The Morgan fingerprint density at radius 1 is 1.14 bits per heavy atom. The lowest BCUT2D eigenvalue weighted by atomic mass is 10.0. The number of hydrogen-bond acceptors (Lipinski definition) is 2. The van der Waals surface area contributed by atoms with Crippen molar-refractivity contribution in [2.45, 2.75) is 12.5 Å². The van der Waals surface area contributed by atoms with Crippen molar-refractivity contribution in [1.82, 2.24) is 0 Å². The summed E-state index contributed by atoms with van der Waals surface area (Å²) in [5.74, 6) is -0.236. The van der Waals surface area contributed by atoms with E-state index in [4.69, 9.17) is 28.9 Å². The number of fused-ring (bicyclic) bond motifs is 1. The number of nitrogens with zero attached hydrogens (tertiary/aromatic N) is 1. The molecular formula is C16H15Cl2FN2. The molecule has 1 atom stereocenters. The van der Waals surface area contributed by atoms with Crippen LogP contribution in [-0.4, -0.2) is 13.1 Å². The summed E-state index contributed by atoms with van der Waals surface area (Å²) in [5.41, 5.74) is 8.96. The summed E-state index contributed by atoms with van der Waals surface area (Å²) < 4.78 is 13.5. The van der Waals surface area contributed by atoms with Gasteiger partial charge in [-0.05, 0) is 47.9 Å². The van der Waals surface area contributed by atoms with Gasteiger partial charge in [-0.3, -0.25) is 0 Å². The minimum absolute atomic E-state index is 0.0655. The summed E-state index contributed by atoms with van der Waals surface area (Å²) in [5, 5.41) is 1.16. The maximum absolute atomic E-state index is 13.5. The monoisotopic (exact) mass is 324 g/mol. The number of nitrogens with two attached hydrogens (primary N) is 1.